The van der Waals surface area contributed by atoms with E-state index in [4.69, 9.17) is 11.5 Å². The van der Waals surface area contributed by atoms with Crippen LogP contribution in [0.25, 0.3) is 0 Å². The largest absolute Gasteiger partial charge is 0.379 e. The Morgan fingerprint density at radius 3 is 2.57 bits per heavy atom. The van der Waals surface area contributed by atoms with Crippen molar-refractivity contribution in [3.8, 4) is 0 Å². The lowest BCUT2D eigenvalue weighted by atomic mass is 9.86. The predicted molar refractivity (Wildman–Crippen MR) is 51.3 cm³/mol. The highest BCUT2D eigenvalue weighted by molar-refractivity contribution is 5.83. The molecule has 0 spiro atoms. The fraction of sp³-hybridized carbons (Fsp3) is 0.889. The van der Waals surface area contributed by atoms with E-state index in [-0.39, 0.29) is 0 Å². The number of carbonyl (C=O) groups is 1. The second kappa shape index (κ2) is 3.18. The fourth-order valence-electron chi connectivity index (χ4n) is 2.26. The van der Waals surface area contributed by atoms with Gasteiger partial charge in [0.25, 0.3) is 5.91 Å². The topological polar surface area (TPSA) is 92.6 Å². The Hall–Kier alpha value is -0.650. The van der Waals surface area contributed by atoms with E-state index in [0.717, 1.165) is 19.4 Å². The molecule has 1 unspecified atom stereocenters. The molecule has 1 saturated carbocycles. The first kappa shape index (κ1) is 9.89. The smallest absolute Gasteiger partial charge is 0.250 e. The summed E-state index contributed by atoms with van der Waals surface area (Å²) in [7, 11) is 0. The molecule has 0 radical (unpaired) electrons. The van der Waals surface area contributed by atoms with Gasteiger partial charge in [-0.1, -0.05) is 0 Å². The first-order valence-electron chi connectivity index (χ1n) is 5.03. The van der Waals surface area contributed by atoms with Crippen LogP contribution in [0.3, 0.4) is 0 Å². The molecule has 2 fully saturated rings. The number of hydrogen-bond acceptors (Lipinski definition) is 4. The Balaban J connectivity index is 1.92. The second-order valence-electron chi connectivity index (χ2n) is 4.50. The van der Waals surface area contributed by atoms with Crippen LogP contribution in [0.4, 0.5) is 0 Å². The highest BCUT2D eigenvalue weighted by Crippen LogP contribution is 2.30. The molecule has 0 aromatic rings. The Labute approximate surface area is 83.0 Å². The van der Waals surface area contributed by atoms with E-state index in [9.17, 15) is 9.90 Å². The molecule has 5 N–H and O–H groups in total. The molecule has 1 aliphatic carbocycles. The van der Waals surface area contributed by atoms with Crippen molar-refractivity contribution in [2.75, 3.05) is 13.1 Å². The average molecular weight is 199 g/mol. The SMILES string of the molecule is NC(=O)C1(O)CCN(C2CC(N)C2)C1. The standard InChI is InChI=1S/C9H17N3O2/c10-6-3-7(4-6)12-2-1-9(14,5-12)8(11)13/h6-7,14H,1-5,10H2,(H2,11,13). The molecule has 2 rings (SSSR count). The minimum atomic E-state index is -1.31. The zero-order valence-electron chi connectivity index (χ0n) is 8.15. The normalized spacial score (nSPS) is 43.6. The summed E-state index contributed by atoms with van der Waals surface area (Å²) in [6, 6.07) is 0.737. The summed E-state index contributed by atoms with van der Waals surface area (Å²) in [5.74, 6) is -0.608. The Kier molecular flexibility index (Phi) is 2.25. The minimum absolute atomic E-state index is 0.294. The lowest BCUT2D eigenvalue weighted by Gasteiger charge is -2.39. The Bertz CT molecular complexity index is 252. The van der Waals surface area contributed by atoms with Crippen molar-refractivity contribution >= 4 is 5.91 Å². The number of primary amides is 1. The summed E-state index contributed by atoms with van der Waals surface area (Å²) in [5, 5.41) is 9.83. The molecule has 1 heterocycles. The Morgan fingerprint density at radius 1 is 1.50 bits per heavy atom. The van der Waals surface area contributed by atoms with Crippen LogP contribution in [0.2, 0.25) is 0 Å². The molecule has 0 aromatic carbocycles. The number of nitrogens with two attached hydrogens (primary N) is 2. The molecule has 5 heteroatoms. The van der Waals surface area contributed by atoms with E-state index < -0.39 is 11.5 Å². The molecule has 0 bridgehead atoms. The van der Waals surface area contributed by atoms with Crippen molar-refractivity contribution in [1.82, 2.24) is 4.90 Å². The van der Waals surface area contributed by atoms with Crippen LogP contribution in [-0.4, -0.2) is 46.7 Å². The van der Waals surface area contributed by atoms with Gasteiger partial charge in [-0.3, -0.25) is 9.69 Å². The van der Waals surface area contributed by atoms with E-state index >= 15 is 0 Å². The fourth-order valence-corrected chi connectivity index (χ4v) is 2.26. The van der Waals surface area contributed by atoms with Gasteiger partial charge in [-0.15, -0.1) is 0 Å². The first-order chi connectivity index (χ1) is 6.51. The number of carbonyl (C=O) groups excluding carboxylic acids is 1. The number of β-amino-alcohol motifs (C(OH)–C–C–N with tert-alkyl or cyclic N) is 1. The van der Waals surface area contributed by atoms with Gasteiger partial charge in [-0.2, -0.15) is 0 Å². The van der Waals surface area contributed by atoms with Gasteiger partial charge in [0.15, 0.2) is 5.60 Å². The zero-order valence-corrected chi connectivity index (χ0v) is 8.15. The van der Waals surface area contributed by atoms with Crippen molar-refractivity contribution < 1.29 is 9.90 Å². The Morgan fingerprint density at radius 2 is 2.14 bits per heavy atom. The summed E-state index contributed by atoms with van der Waals surface area (Å²) >= 11 is 0. The summed E-state index contributed by atoms with van der Waals surface area (Å²) in [6.45, 7) is 1.12. The number of likely N-dealkylation sites (tertiary alicyclic amines) is 1. The van der Waals surface area contributed by atoms with Crippen LogP contribution < -0.4 is 11.5 Å². The molecular weight excluding hydrogens is 182 g/mol. The van der Waals surface area contributed by atoms with Crippen molar-refractivity contribution in [3.05, 3.63) is 0 Å². The molecule has 80 valence electrons. The van der Waals surface area contributed by atoms with E-state index in [1.54, 1.807) is 0 Å². The van der Waals surface area contributed by atoms with E-state index in [1.807, 2.05) is 0 Å². The van der Waals surface area contributed by atoms with Gasteiger partial charge in [-0.05, 0) is 19.3 Å². The van der Waals surface area contributed by atoms with Crippen molar-refractivity contribution in [3.63, 3.8) is 0 Å². The molecule has 1 amide bonds. The third kappa shape index (κ3) is 1.51. The molecular formula is C9H17N3O2. The van der Waals surface area contributed by atoms with Gasteiger partial charge >= 0.3 is 0 Å². The first-order valence-corrected chi connectivity index (χ1v) is 5.03. The van der Waals surface area contributed by atoms with Crippen LogP contribution >= 0.6 is 0 Å². The molecule has 2 aliphatic rings. The zero-order chi connectivity index (χ0) is 10.3. The quantitative estimate of drug-likeness (QED) is 0.499. The lowest BCUT2D eigenvalue weighted by molar-refractivity contribution is -0.135. The molecule has 1 aliphatic heterocycles. The third-order valence-electron chi connectivity index (χ3n) is 3.40. The van der Waals surface area contributed by atoms with Gasteiger partial charge in [0.05, 0.1) is 0 Å². The van der Waals surface area contributed by atoms with Crippen molar-refractivity contribution in [1.29, 1.82) is 0 Å². The summed E-state index contributed by atoms with van der Waals surface area (Å²) in [4.78, 5) is 13.1. The van der Waals surface area contributed by atoms with E-state index in [2.05, 4.69) is 4.90 Å². The summed E-state index contributed by atoms with van der Waals surface area (Å²) < 4.78 is 0. The molecule has 14 heavy (non-hydrogen) atoms. The van der Waals surface area contributed by atoms with Crippen molar-refractivity contribution in [2.24, 2.45) is 11.5 Å². The van der Waals surface area contributed by atoms with Crippen LogP contribution in [0.15, 0.2) is 0 Å². The lowest BCUT2D eigenvalue weighted by Crippen LogP contribution is -2.52. The van der Waals surface area contributed by atoms with Crippen LogP contribution in [-0.2, 0) is 4.79 Å². The van der Waals surface area contributed by atoms with Crippen LogP contribution in [0.1, 0.15) is 19.3 Å². The monoisotopic (exact) mass is 199 g/mol. The van der Waals surface area contributed by atoms with Gasteiger partial charge in [0.1, 0.15) is 0 Å². The van der Waals surface area contributed by atoms with E-state index in [0.29, 0.717) is 25.0 Å². The highest BCUT2D eigenvalue weighted by atomic mass is 16.3. The second-order valence-corrected chi connectivity index (χ2v) is 4.50. The molecule has 1 atom stereocenters. The number of rotatable bonds is 2. The maximum Gasteiger partial charge on any atom is 0.250 e. The van der Waals surface area contributed by atoms with Gasteiger partial charge in [0.2, 0.25) is 0 Å². The summed E-state index contributed by atoms with van der Waals surface area (Å²) in [5.41, 5.74) is 9.52. The predicted octanol–water partition coefficient (Wildman–Crippen LogP) is -1.60. The summed E-state index contributed by atoms with van der Waals surface area (Å²) in [6.07, 6.45) is 2.39. The minimum Gasteiger partial charge on any atom is -0.379 e. The average Bonchev–Trinajstić information content (AvgIpc) is 2.44. The maximum absolute atomic E-state index is 11.0. The van der Waals surface area contributed by atoms with E-state index in [1.165, 1.54) is 0 Å². The maximum atomic E-state index is 11.0. The number of hydrogen-bond donors (Lipinski definition) is 3. The molecule has 5 nitrogen and oxygen atoms in total. The number of nitrogens with zero attached hydrogens (tertiary/aromatic N) is 1. The van der Waals surface area contributed by atoms with Gasteiger partial charge in [0, 0.05) is 25.2 Å². The molecule has 0 aromatic heterocycles. The molecule has 1 saturated heterocycles. The van der Waals surface area contributed by atoms with Crippen LogP contribution in [0, 0.1) is 0 Å². The van der Waals surface area contributed by atoms with Gasteiger partial charge < -0.3 is 16.6 Å². The van der Waals surface area contributed by atoms with Gasteiger partial charge in [-0.25, -0.2) is 0 Å². The number of aliphatic hydroxyl groups is 1. The number of amides is 1. The van der Waals surface area contributed by atoms with Crippen LogP contribution in [0.5, 0.6) is 0 Å². The highest BCUT2D eigenvalue weighted by Gasteiger charge is 2.45. The van der Waals surface area contributed by atoms with Crippen molar-refractivity contribution in [2.45, 2.75) is 36.9 Å². The third-order valence-corrected chi connectivity index (χ3v) is 3.40.